The number of hydrogen-bond donors (Lipinski definition) is 0. The molecule has 0 unspecified atom stereocenters. The minimum absolute atomic E-state index is 0.766. The van der Waals surface area contributed by atoms with Crippen molar-refractivity contribution in [2.45, 2.75) is 6.42 Å². The molecule has 0 N–H and O–H groups in total. The minimum atomic E-state index is 0.766. The van der Waals surface area contributed by atoms with Crippen LogP contribution in [0.5, 0.6) is 0 Å². The van der Waals surface area contributed by atoms with E-state index in [2.05, 4.69) is 78.3 Å². The summed E-state index contributed by atoms with van der Waals surface area (Å²) >= 11 is 6.08. The maximum atomic E-state index is 6.08. The van der Waals surface area contributed by atoms with E-state index in [0.717, 1.165) is 11.4 Å². The molecule has 2 heteroatoms. The SMILES string of the molecule is Cn1c(-c2ccc(Cl)cc2)c(Cc2ccccc2)c2ccccc21. The molecule has 0 aliphatic rings. The lowest BCUT2D eigenvalue weighted by Crippen LogP contribution is -1.95. The zero-order valence-electron chi connectivity index (χ0n) is 13.5. The first kappa shape index (κ1) is 15.0. The van der Waals surface area contributed by atoms with Crippen LogP contribution in [0.4, 0.5) is 0 Å². The third-order valence-corrected chi connectivity index (χ3v) is 4.81. The molecule has 0 atom stereocenters. The van der Waals surface area contributed by atoms with Gasteiger partial charge in [0.15, 0.2) is 0 Å². The van der Waals surface area contributed by atoms with E-state index in [-0.39, 0.29) is 0 Å². The first-order valence-corrected chi connectivity index (χ1v) is 8.48. The molecule has 0 aliphatic heterocycles. The Bertz CT molecular complexity index is 982. The van der Waals surface area contributed by atoms with Gasteiger partial charge in [0.05, 0.1) is 5.69 Å². The Balaban J connectivity index is 1.95. The number of benzene rings is 3. The van der Waals surface area contributed by atoms with Crippen molar-refractivity contribution in [3.05, 3.63) is 95.0 Å². The zero-order valence-corrected chi connectivity index (χ0v) is 14.3. The summed E-state index contributed by atoms with van der Waals surface area (Å²) in [6, 6.07) is 27.4. The highest BCUT2D eigenvalue weighted by atomic mass is 35.5. The second kappa shape index (κ2) is 6.18. The van der Waals surface area contributed by atoms with Gasteiger partial charge in [-0.05, 0) is 34.9 Å². The summed E-state index contributed by atoms with van der Waals surface area (Å²) in [5.41, 5.74) is 6.40. The predicted octanol–water partition coefficient (Wildman–Crippen LogP) is 6.09. The maximum absolute atomic E-state index is 6.08. The monoisotopic (exact) mass is 331 g/mol. The number of hydrogen-bond acceptors (Lipinski definition) is 0. The first-order chi connectivity index (χ1) is 11.7. The molecule has 1 heterocycles. The summed E-state index contributed by atoms with van der Waals surface area (Å²) in [7, 11) is 2.14. The van der Waals surface area contributed by atoms with Crippen molar-refractivity contribution in [1.29, 1.82) is 0 Å². The molecule has 1 nitrogen and oxygen atoms in total. The highest BCUT2D eigenvalue weighted by Crippen LogP contribution is 2.35. The highest BCUT2D eigenvalue weighted by molar-refractivity contribution is 6.30. The van der Waals surface area contributed by atoms with Crippen molar-refractivity contribution in [3.63, 3.8) is 0 Å². The molecule has 0 saturated heterocycles. The molecule has 3 aromatic carbocycles. The minimum Gasteiger partial charge on any atom is -0.343 e. The third kappa shape index (κ3) is 2.61. The Morgan fingerprint density at radius 2 is 1.46 bits per heavy atom. The quantitative estimate of drug-likeness (QED) is 0.428. The van der Waals surface area contributed by atoms with Crippen molar-refractivity contribution in [3.8, 4) is 11.3 Å². The van der Waals surface area contributed by atoms with Crippen LogP contribution in [0.15, 0.2) is 78.9 Å². The first-order valence-electron chi connectivity index (χ1n) is 8.10. The topological polar surface area (TPSA) is 4.93 Å². The second-order valence-electron chi connectivity index (χ2n) is 6.07. The van der Waals surface area contributed by atoms with E-state index < -0.39 is 0 Å². The molecular weight excluding hydrogens is 314 g/mol. The number of fused-ring (bicyclic) bond motifs is 1. The van der Waals surface area contributed by atoms with Gasteiger partial charge < -0.3 is 4.57 Å². The summed E-state index contributed by atoms with van der Waals surface area (Å²) in [5, 5.41) is 2.08. The van der Waals surface area contributed by atoms with Crippen molar-refractivity contribution in [2.24, 2.45) is 7.05 Å². The lowest BCUT2D eigenvalue weighted by atomic mass is 9.98. The van der Waals surface area contributed by atoms with E-state index in [1.54, 1.807) is 0 Å². The lowest BCUT2D eigenvalue weighted by molar-refractivity contribution is 0.968. The van der Waals surface area contributed by atoms with Gasteiger partial charge >= 0.3 is 0 Å². The van der Waals surface area contributed by atoms with Crippen LogP contribution < -0.4 is 0 Å². The molecule has 0 radical (unpaired) electrons. The fraction of sp³-hybridized carbons (Fsp3) is 0.0909. The number of halogens is 1. The lowest BCUT2D eigenvalue weighted by Gasteiger charge is -2.09. The molecule has 24 heavy (non-hydrogen) atoms. The van der Waals surface area contributed by atoms with E-state index >= 15 is 0 Å². The number of rotatable bonds is 3. The summed E-state index contributed by atoms with van der Waals surface area (Å²) in [5.74, 6) is 0. The van der Waals surface area contributed by atoms with Crippen molar-refractivity contribution < 1.29 is 0 Å². The number of nitrogens with zero attached hydrogens (tertiary/aromatic N) is 1. The van der Waals surface area contributed by atoms with Gasteiger partial charge in [-0.15, -0.1) is 0 Å². The second-order valence-corrected chi connectivity index (χ2v) is 6.51. The average Bonchev–Trinajstić information content (AvgIpc) is 2.89. The van der Waals surface area contributed by atoms with Crippen LogP contribution in [0.1, 0.15) is 11.1 Å². The maximum Gasteiger partial charge on any atom is 0.0524 e. The van der Waals surface area contributed by atoms with E-state index in [1.807, 2.05) is 12.1 Å². The van der Waals surface area contributed by atoms with Gasteiger partial charge in [0.1, 0.15) is 0 Å². The summed E-state index contributed by atoms with van der Waals surface area (Å²) in [6.07, 6.45) is 0.917. The molecule has 0 spiro atoms. The molecular formula is C22H18ClN. The van der Waals surface area contributed by atoms with Crippen molar-refractivity contribution in [2.75, 3.05) is 0 Å². The van der Waals surface area contributed by atoms with Crippen molar-refractivity contribution in [1.82, 2.24) is 4.57 Å². The van der Waals surface area contributed by atoms with Crippen LogP contribution in [-0.2, 0) is 13.5 Å². The van der Waals surface area contributed by atoms with Crippen LogP contribution >= 0.6 is 11.6 Å². The third-order valence-electron chi connectivity index (χ3n) is 4.55. The summed E-state index contributed by atoms with van der Waals surface area (Å²) in [4.78, 5) is 0. The molecule has 0 amide bonds. The van der Waals surface area contributed by atoms with Gasteiger partial charge in [-0.1, -0.05) is 72.3 Å². The van der Waals surface area contributed by atoms with E-state index in [1.165, 1.54) is 33.3 Å². The smallest absolute Gasteiger partial charge is 0.0524 e. The standard InChI is InChI=1S/C22H18ClN/c1-24-21-10-6-5-9-19(21)20(15-16-7-3-2-4-8-16)22(24)17-11-13-18(23)14-12-17/h2-14H,15H2,1H3. The van der Waals surface area contributed by atoms with Gasteiger partial charge in [0, 0.05) is 29.4 Å². The summed E-state index contributed by atoms with van der Waals surface area (Å²) in [6.45, 7) is 0. The van der Waals surface area contributed by atoms with Gasteiger partial charge in [0.2, 0.25) is 0 Å². The number of para-hydroxylation sites is 1. The zero-order chi connectivity index (χ0) is 16.5. The number of aromatic nitrogens is 1. The van der Waals surface area contributed by atoms with Crippen LogP contribution in [0.25, 0.3) is 22.2 Å². The van der Waals surface area contributed by atoms with Crippen LogP contribution in [0.3, 0.4) is 0 Å². The Morgan fingerprint density at radius 1 is 0.792 bits per heavy atom. The normalized spacial score (nSPS) is 11.1. The number of aryl methyl sites for hydroxylation is 1. The Kier molecular flexibility index (Phi) is 3.87. The molecule has 4 rings (SSSR count). The van der Waals surface area contributed by atoms with E-state index in [0.29, 0.717) is 0 Å². The van der Waals surface area contributed by atoms with Crippen LogP contribution in [0.2, 0.25) is 5.02 Å². The Hall–Kier alpha value is -2.51. The fourth-order valence-electron chi connectivity index (χ4n) is 3.43. The average molecular weight is 332 g/mol. The van der Waals surface area contributed by atoms with E-state index in [9.17, 15) is 0 Å². The highest BCUT2D eigenvalue weighted by Gasteiger charge is 2.16. The largest absolute Gasteiger partial charge is 0.343 e. The van der Waals surface area contributed by atoms with Crippen LogP contribution in [-0.4, -0.2) is 4.57 Å². The van der Waals surface area contributed by atoms with Crippen LogP contribution in [0, 0.1) is 0 Å². The van der Waals surface area contributed by atoms with Crippen molar-refractivity contribution >= 4 is 22.5 Å². The molecule has 4 aromatic rings. The fourth-order valence-corrected chi connectivity index (χ4v) is 3.55. The van der Waals surface area contributed by atoms with Gasteiger partial charge in [-0.3, -0.25) is 0 Å². The molecule has 118 valence electrons. The molecule has 0 bridgehead atoms. The summed E-state index contributed by atoms with van der Waals surface area (Å²) < 4.78 is 2.29. The van der Waals surface area contributed by atoms with Gasteiger partial charge in [-0.2, -0.15) is 0 Å². The van der Waals surface area contributed by atoms with Gasteiger partial charge in [0.25, 0.3) is 0 Å². The van der Waals surface area contributed by atoms with Gasteiger partial charge in [-0.25, -0.2) is 0 Å². The van der Waals surface area contributed by atoms with E-state index in [4.69, 9.17) is 11.6 Å². The predicted molar refractivity (Wildman–Crippen MR) is 103 cm³/mol. The molecule has 0 fully saturated rings. The Labute approximate surface area is 147 Å². The molecule has 1 aromatic heterocycles. The molecule has 0 aliphatic carbocycles. The Morgan fingerprint density at radius 3 is 2.21 bits per heavy atom. The molecule has 0 saturated carbocycles.